The van der Waals surface area contributed by atoms with Gasteiger partial charge in [0.2, 0.25) is 11.9 Å². The number of amides is 1. The van der Waals surface area contributed by atoms with Gasteiger partial charge in [-0.15, -0.1) is 0 Å². The fraction of sp³-hybridized carbons (Fsp3) is 0.500. The van der Waals surface area contributed by atoms with Crippen molar-refractivity contribution in [3.05, 3.63) is 57.5 Å². The van der Waals surface area contributed by atoms with Crippen molar-refractivity contribution in [2.45, 2.75) is 51.5 Å². The molecule has 0 bridgehead atoms. The number of carbonyl (C=O) groups is 1. The summed E-state index contributed by atoms with van der Waals surface area (Å²) in [6.07, 6.45) is 5.28. The number of aryl methyl sites for hydroxylation is 1. The third-order valence-electron chi connectivity index (χ3n) is 5.95. The largest absolute Gasteiger partial charge is 0.342 e. The summed E-state index contributed by atoms with van der Waals surface area (Å²) in [7, 11) is 0. The Bertz CT molecular complexity index is 887. The summed E-state index contributed by atoms with van der Waals surface area (Å²) >= 11 is 0. The van der Waals surface area contributed by atoms with E-state index < -0.39 is 0 Å². The normalized spacial score (nSPS) is 19.4. The van der Waals surface area contributed by atoms with E-state index in [0.29, 0.717) is 17.2 Å². The van der Waals surface area contributed by atoms with Gasteiger partial charge in [-0.25, -0.2) is 4.98 Å². The fourth-order valence-corrected chi connectivity index (χ4v) is 4.40. The average molecular weight is 380 g/mol. The zero-order valence-corrected chi connectivity index (χ0v) is 16.5. The Labute approximate surface area is 165 Å². The third-order valence-corrected chi connectivity index (χ3v) is 5.95. The highest BCUT2D eigenvalue weighted by molar-refractivity contribution is 5.79. The SMILES string of the molecule is Cc1nc(N2CCCC2)[nH]c(=O)c1CC(=O)N1CCC[C@@H]1Cc1ccccc1. The van der Waals surface area contributed by atoms with Gasteiger partial charge in [-0.1, -0.05) is 30.3 Å². The van der Waals surface area contributed by atoms with E-state index in [9.17, 15) is 9.59 Å². The molecule has 2 aliphatic rings. The van der Waals surface area contributed by atoms with Crippen molar-refractivity contribution in [2.24, 2.45) is 0 Å². The number of nitrogens with zero attached hydrogens (tertiary/aromatic N) is 3. The molecule has 1 aromatic carbocycles. The number of rotatable bonds is 5. The second-order valence-electron chi connectivity index (χ2n) is 7.90. The maximum Gasteiger partial charge on any atom is 0.256 e. The standard InChI is InChI=1S/C22H28N4O2/c1-16-19(21(28)24-22(23-16)25-11-5-6-12-25)15-20(27)26-13-7-10-18(26)14-17-8-3-2-4-9-17/h2-4,8-9,18H,5-7,10-15H2,1H3,(H,23,24,28)/t18-/m1/s1. The molecule has 2 saturated heterocycles. The number of H-pyrrole nitrogens is 1. The van der Waals surface area contributed by atoms with Gasteiger partial charge < -0.3 is 9.80 Å². The highest BCUT2D eigenvalue weighted by atomic mass is 16.2. The minimum absolute atomic E-state index is 0.0303. The van der Waals surface area contributed by atoms with Crippen LogP contribution in [0.4, 0.5) is 5.95 Å². The Morgan fingerprint density at radius 1 is 1.14 bits per heavy atom. The predicted molar refractivity (Wildman–Crippen MR) is 110 cm³/mol. The second kappa shape index (κ2) is 8.17. The van der Waals surface area contributed by atoms with Crippen molar-refractivity contribution in [2.75, 3.05) is 24.5 Å². The fourth-order valence-electron chi connectivity index (χ4n) is 4.40. The molecule has 0 aliphatic carbocycles. The lowest BCUT2D eigenvalue weighted by Crippen LogP contribution is -2.39. The third kappa shape index (κ3) is 3.96. The Morgan fingerprint density at radius 3 is 2.61 bits per heavy atom. The van der Waals surface area contributed by atoms with Gasteiger partial charge in [-0.2, -0.15) is 0 Å². The minimum Gasteiger partial charge on any atom is -0.342 e. The number of likely N-dealkylation sites (tertiary alicyclic amines) is 1. The molecule has 28 heavy (non-hydrogen) atoms. The molecule has 148 valence electrons. The molecular formula is C22H28N4O2. The molecule has 6 nitrogen and oxygen atoms in total. The first-order chi connectivity index (χ1) is 13.6. The van der Waals surface area contributed by atoms with Crippen LogP contribution in [-0.2, 0) is 17.6 Å². The van der Waals surface area contributed by atoms with Crippen LogP contribution in [0.1, 0.15) is 42.5 Å². The van der Waals surface area contributed by atoms with E-state index >= 15 is 0 Å². The van der Waals surface area contributed by atoms with Crippen molar-refractivity contribution in [3.63, 3.8) is 0 Å². The molecule has 0 spiro atoms. The smallest absolute Gasteiger partial charge is 0.256 e. The van der Waals surface area contributed by atoms with E-state index in [4.69, 9.17) is 0 Å². The van der Waals surface area contributed by atoms with Crippen molar-refractivity contribution in [1.29, 1.82) is 0 Å². The Kier molecular flexibility index (Phi) is 5.46. The van der Waals surface area contributed by atoms with E-state index in [2.05, 4.69) is 27.0 Å². The van der Waals surface area contributed by atoms with E-state index in [1.807, 2.05) is 30.0 Å². The van der Waals surface area contributed by atoms with Crippen LogP contribution in [0.2, 0.25) is 0 Å². The van der Waals surface area contributed by atoms with Gasteiger partial charge in [0.25, 0.3) is 5.56 Å². The summed E-state index contributed by atoms with van der Waals surface area (Å²) in [5, 5.41) is 0. The van der Waals surface area contributed by atoms with Crippen LogP contribution in [0.3, 0.4) is 0 Å². The summed E-state index contributed by atoms with van der Waals surface area (Å²) in [5.41, 5.74) is 2.23. The molecule has 2 aromatic rings. The Balaban J connectivity index is 1.47. The highest BCUT2D eigenvalue weighted by Crippen LogP contribution is 2.22. The highest BCUT2D eigenvalue weighted by Gasteiger charge is 2.29. The van der Waals surface area contributed by atoms with Crippen LogP contribution < -0.4 is 10.5 Å². The van der Waals surface area contributed by atoms with E-state index in [1.165, 1.54) is 5.56 Å². The molecule has 3 heterocycles. The van der Waals surface area contributed by atoms with Gasteiger partial charge in [0.05, 0.1) is 12.1 Å². The van der Waals surface area contributed by atoms with Crippen LogP contribution in [0.15, 0.2) is 35.1 Å². The van der Waals surface area contributed by atoms with Gasteiger partial charge in [-0.05, 0) is 44.6 Å². The lowest BCUT2D eigenvalue weighted by atomic mass is 10.0. The molecule has 6 heteroatoms. The maximum absolute atomic E-state index is 13.0. The van der Waals surface area contributed by atoms with Crippen molar-refractivity contribution in [1.82, 2.24) is 14.9 Å². The summed E-state index contributed by atoms with van der Waals surface area (Å²) in [6, 6.07) is 10.5. The van der Waals surface area contributed by atoms with Crippen molar-refractivity contribution in [3.8, 4) is 0 Å². The molecule has 4 rings (SSSR count). The minimum atomic E-state index is -0.179. The van der Waals surface area contributed by atoms with Crippen molar-refractivity contribution >= 4 is 11.9 Å². The Hall–Kier alpha value is -2.63. The predicted octanol–water partition coefficient (Wildman–Crippen LogP) is 2.45. The number of aromatic nitrogens is 2. The van der Waals surface area contributed by atoms with Crippen LogP contribution in [0, 0.1) is 6.92 Å². The van der Waals surface area contributed by atoms with Crippen LogP contribution in [0.5, 0.6) is 0 Å². The lowest BCUT2D eigenvalue weighted by Gasteiger charge is -2.25. The summed E-state index contributed by atoms with van der Waals surface area (Å²) < 4.78 is 0. The van der Waals surface area contributed by atoms with Crippen molar-refractivity contribution < 1.29 is 4.79 Å². The number of aromatic amines is 1. The number of carbonyl (C=O) groups excluding carboxylic acids is 1. The molecule has 1 aromatic heterocycles. The molecule has 1 amide bonds. The molecule has 0 radical (unpaired) electrons. The number of hydrogen-bond acceptors (Lipinski definition) is 4. The zero-order chi connectivity index (χ0) is 19.5. The molecule has 0 saturated carbocycles. The van der Waals surface area contributed by atoms with E-state index in [1.54, 1.807) is 0 Å². The summed E-state index contributed by atoms with van der Waals surface area (Å²) in [6.45, 7) is 4.46. The number of hydrogen-bond donors (Lipinski definition) is 1. The van der Waals surface area contributed by atoms with Crippen LogP contribution >= 0.6 is 0 Å². The molecule has 0 unspecified atom stereocenters. The lowest BCUT2D eigenvalue weighted by molar-refractivity contribution is -0.131. The molecule has 2 fully saturated rings. The Morgan fingerprint density at radius 2 is 1.89 bits per heavy atom. The summed E-state index contributed by atoms with van der Waals surface area (Å²) in [4.78, 5) is 37.2. The molecule has 1 N–H and O–H groups in total. The van der Waals surface area contributed by atoms with Gasteiger partial charge in [-0.3, -0.25) is 14.6 Å². The first-order valence-corrected chi connectivity index (χ1v) is 10.3. The average Bonchev–Trinajstić information content (AvgIpc) is 3.37. The van der Waals surface area contributed by atoms with Crippen LogP contribution in [0.25, 0.3) is 0 Å². The molecule has 1 atom stereocenters. The monoisotopic (exact) mass is 380 g/mol. The number of benzene rings is 1. The quantitative estimate of drug-likeness (QED) is 0.865. The van der Waals surface area contributed by atoms with Crippen LogP contribution in [-0.4, -0.2) is 46.5 Å². The van der Waals surface area contributed by atoms with E-state index in [0.717, 1.165) is 51.7 Å². The van der Waals surface area contributed by atoms with E-state index in [-0.39, 0.29) is 23.9 Å². The van der Waals surface area contributed by atoms with Gasteiger partial charge in [0.15, 0.2) is 0 Å². The maximum atomic E-state index is 13.0. The summed E-state index contributed by atoms with van der Waals surface area (Å²) in [5.74, 6) is 0.669. The van der Waals surface area contributed by atoms with Gasteiger partial charge in [0, 0.05) is 31.2 Å². The first kappa shape index (κ1) is 18.7. The number of nitrogens with one attached hydrogen (secondary N) is 1. The second-order valence-corrected chi connectivity index (χ2v) is 7.90. The van der Waals surface area contributed by atoms with Gasteiger partial charge >= 0.3 is 0 Å². The number of anilines is 1. The molecular weight excluding hydrogens is 352 g/mol. The first-order valence-electron chi connectivity index (χ1n) is 10.3. The zero-order valence-electron chi connectivity index (χ0n) is 16.5. The topological polar surface area (TPSA) is 69.3 Å². The van der Waals surface area contributed by atoms with Gasteiger partial charge in [0.1, 0.15) is 0 Å². The molecule has 2 aliphatic heterocycles.